The third kappa shape index (κ3) is 3.54. The van der Waals surface area contributed by atoms with Gasteiger partial charge in [0.25, 0.3) is 0 Å². The number of nitrogens with zero attached hydrogens (tertiary/aromatic N) is 5. The first-order chi connectivity index (χ1) is 11.8. The van der Waals surface area contributed by atoms with Crippen molar-refractivity contribution < 1.29 is 4.74 Å². The van der Waals surface area contributed by atoms with Crippen molar-refractivity contribution in [3.63, 3.8) is 0 Å². The molecule has 2 aliphatic rings. The minimum absolute atomic E-state index is 0.524. The lowest BCUT2D eigenvalue weighted by Crippen LogP contribution is -2.50. The van der Waals surface area contributed by atoms with Gasteiger partial charge in [-0.2, -0.15) is 5.10 Å². The Bertz CT molecular complexity index is 637. The Morgan fingerprint density at radius 3 is 2.88 bits per heavy atom. The Morgan fingerprint density at radius 1 is 1.29 bits per heavy atom. The number of hydrogen-bond acceptors (Lipinski definition) is 6. The van der Waals surface area contributed by atoms with Crippen LogP contribution in [0.3, 0.4) is 0 Å². The van der Waals surface area contributed by atoms with Gasteiger partial charge in [-0.3, -0.25) is 14.5 Å². The first-order valence-corrected chi connectivity index (χ1v) is 9.59. The fourth-order valence-corrected chi connectivity index (χ4v) is 4.66. The van der Waals surface area contributed by atoms with Crippen LogP contribution in [0.15, 0.2) is 24.0 Å². The van der Waals surface area contributed by atoms with E-state index in [0.717, 1.165) is 45.8 Å². The Hall–Kier alpha value is -1.28. The monoisotopic (exact) mass is 347 g/mol. The molecule has 0 spiro atoms. The molecule has 2 aromatic heterocycles. The summed E-state index contributed by atoms with van der Waals surface area (Å²) in [6.07, 6.45) is 8.36. The molecule has 4 heterocycles. The molecule has 0 amide bonds. The molecular formula is C17H25N5OS. The Morgan fingerprint density at radius 2 is 2.17 bits per heavy atom. The van der Waals surface area contributed by atoms with Gasteiger partial charge in [-0.25, -0.2) is 4.98 Å². The van der Waals surface area contributed by atoms with Gasteiger partial charge in [0.1, 0.15) is 5.01 Å². The van der Waals surface area contributed by atoms with Crippen molar-refractivity contribution in [2.75, 3.05) is 32.8 Å². The summed E-state index contributed by atoms with van der Waals surface area (Å²) in [7, 11) is 1.99. The molecule has 2 aromatic rings. The van der Waals surface area contributed by atoms with Gasteiger partial charge in [0.15, 0.2) is 0 Å². The zero-order chi connectivity index (χ0) is 16.4. The van der Waals surface area contributed by atoms with Crippen molar-refractivity contribution in [2.24, 2.45) is 7.05 Å². The maximum atomic E-state index is 5.55. The van der Waals surface area contributed by atoms with Gasteiger partial charge in [-0.1, -0.05) is 0 Å². The van der Waals surface area contributed by atoms with Crippen molar-refractivity contribution in [3.05, 3.63) is 34.5 Å². The van der Waals surface area contributed by atoms with Crippen LogP contribution in [0.25, 0.3) is 0 Å². The molecule has 0 aliphatic carbocycles. The summed E-state index contributed by atoms with van der Waals surface area (Å²) in [5, 5.41) is 7.64. The highest BCUT2D eigenvalue weighted by Gasteiger charge is 2.38. The fraction of sp³-hybridized carbons (Fsp3) is 0.647. The molecule has 4 rings (SSSR count). The summed E-state index contributed by atoms with van der Waals surface area (Å²) in [6, 6.07) is 1.13. The van der Waals surface area contributed by atoms with Crippen LogP contribution in [0.2, 0.25) is 0 Å². The molecule has 0 bridgehead atoms. The van der Waals surface area contributed by atoms with Crippen molar-refractivity contribution >= 4 is 11.3 Å². The first-order valence-electron chi connectivity index (χ1n) is 8.71. The summed E-state index contributed by atoms with van der Waals surface area (Å²) in [5.74, 6) is 0. The standard InChI is InChI=1S/C17H25N5OS/c1-20-12-14(11-19-20)10-16-15(21-5-7-23-8-6-21)2-4-22(16)13-17-18-3-9-24-17/h3,9,11-12,15-16H,2,4-8,10,13H2,1H3/t15-,16+/m1/s1. The molecular weight excluding hydrogens is 322 g/mol. The van der Waals surface area contributed by atoms with Gasteiger partial charge in [0.2, 0.25) is 0 Å². The molecule has 0 unspecified atom stereocenters. The van der Waals surface area contributed by atoms with Crippen LogP contribution in [0.5, 0.6) is 0 Å². The SMILES string of the molecule is Cn1cc(C[C@H]2[C@H](N3CCOCC3)CCN2Cc2nccs2)cn1. The molecule has 0 radical (unpaired) electrons. The molecule has 6 nitrogen and oxygen atoms in total. The van der Waals surface area contributed by atoms with Crippen molar-refractivity contribution in [1.29, 1.82) is 0 Å². The molecule has 130 valence electrons. The maximum absolute atomic E-state index is 5.55. The lowest BCUT2D eigenvalue weighted by Gasteiger charge is -2.37. The second kappa shape index (κ2) is 7.31. The first kappa shape index (κ1) is 16.2. The van der Waals surface area contributed by atoms with E-state index < -0.39 is 0 Å². The van der Waals surface area contributed by atoms with E-state index in [2.05, 4.69) is 31.5 Å². The van der Waals surface area contributed by atoms with Crippen LogP contribution in [0.1, 0.15) is 17.0 Å². The molecule has 0 saturated carbocycles. The molecule has 2 saturated heterocycles. The molecule has 7 heteroatoms. The quantitative estimate of drug-likeness (QED) is 0.818. The lowest BCUT2D eigenvalue weighted by atomic mass is 10.0. The normalized spacial score (nSPS) is 26.2. The highest BCUT2D eigenvalue weighted by molar-refractivity contribution is 7.09. The van der Waals surface area contributed by atoms with Crippen LogP contribution in [-0.2, 0) is 24.8 Å². The number of likely N-dealkylation sites (tertiary alicyclic amines) is 1. The number of aryl methyl sites for hydroxylation is 1. The van der Waals surface area contributed by atoms with Gasteiger partial charge in [0, 0.05) is 56.5 Å². The fourth-order valence-electron chi connectivity index (χ4n) is 4.02. The third-order valence-electron chi connectivity index (χ3n) is 5.16. The van der Waals surface area contributed by atoms with Crippen molar-refractivity contribution in [3.8, 4) is 0 Å². The van der Waals surface area contributed by atoms with E-state index in [1.165, 1.54) is 17.0 Å². The predicted molar refractivity (Wildman–Crippen MR) is 94.0 cm³/mol. The summed E-state index contributed by atoms with van der Waals surface area (Å²) < 4.78 is 7.45. The highest BCUT2D eigenvalue weighted by Crippen LogP contribution is 2.28. The van der Waals surface area contributed by atoms with Gasteiger partial charge in [0.05, 0.1) is 26.0 Å². The van der Waals surface area contributed by atoms with Gasteiger partial charge >= 0.3 is 0 Å². The van der Waals surface area contributed by atoms with E-state index in [-0.39, 0.29) is 0 Å². The summed E-state index contributed by atoms with van der Waals surface area (Å²) in [6.45, 7) is 5.94. The average Bonchev–Trinajstić information content (AvgIpc) is 3.33. The molecule has 0 aromatic carbocycles. The van der Waals surface area contributed by atoms with Gasteiger partial charge in [-0.05, 0) is 18.4 Å². The zero-order valence-corrected chi connectivity index (χ0v) is 15.0. The van der Waals surface area contributed by atoms with E-state index in [9.17, 15) is 0 Å². The number of hydrogen-bond donors (Lipinski definition) is 0. The topological polar surface area (TPSA) is 46.4 Å². The van der Waals surface area contributed by atoms with Crippen LogP contribution >= 0.6 is 11.3 Å². The van der Waals surface area contributed by atoms with E-state index in [4.69, 9.17) is 4.74 Å². The Balaban J connectivity index is 1.52. The second-order valence-corrected chi connectivity index (χ2v) is 7.67. The van der Waals surface area contributed by atoms with Crippen molar-refractivity contribution in [2.45, 2.75) is 31.5 Å². The number of ether oxygens (including phenoxy) is 1. The average molecular weight is 347 g/mol. The zero-order valence-electron chi connectivity index (χ0n) is 14.2. The smallest absolute Gasteiger partial charge is 0.107 e. The van der Waals surface area contributed by atoms with Crippen LogP contribution in [-0.4, -0.2) is 69.5 Å². The number of thiazole rings is 1. The maximum Gasteiger partial charge on any atom is 0.107 e. The molecule has 24 heavy (non-hydrogen) atoms. The minimum Gasteiger partial charge on any atom is -0.379 e. The van der Waals surface area contributed by atoms with Crippen LogP contribution in [0, 0.1) is 0 Å². The third-order valence-corrected chi connectivity index (χ3v) is 5.93. The largest absolute Gasteiger partial charge is 0.379 e. The number of morpholine rings is 1. The number of rotatable bonds is 5. The van der Waals surface area contributed by atoms with E-state index in [0.29, 0.717) is 12.1 Å². The molecule has 0 N–H and O–H groups in total. The molecule has 2 fully saturated rings. The summed E-state index contributed by atoms with van der Waals surface area (Å²) in [5.41, 5.74) is 1.33. The number of aromatic nitrogens is 3. The Kier molecular flexibility index (Phi) is 4.93. The molecule has 2 aliphatic heterocycles. The summed E-state index contributed by atoms with van der Waals surface area (Å²) in [4.78, 5) is 9.74. The van der Waals surface area contributed by atoms with E-state index in [1.54, 1.807) is 11.3 Å². The second-order valence-electron chi connectivity index (χ2n) is 6.69. The van der Waals surface area contributed by atoms with Crippen LogP contribution in [0.4, 0.5) is 0 Å². The van der Waals surface area contributed by atoms with E-state index >= 15 is 0 Å². The predicted octanol–water partition coefficient (Wildman–Crippen LogP) is 1.39. The van der Waals surface area contributed by atoms with Crippen molar-refractivity contribution in [1.82, 2.24) is 24.6 Å². The molecule has 2 atom stereocenters. The van der Waals surface area contributed by atoms with Gasteiger partial charge in [-0.15, -0.1) is 11.3 Å². The highest BCUT2D eigenvalue weighted by atomic mass is 32.1. The lowest BCUT2D eigenvalue weighted by molar-refractivity contribution is 0.00788. The minimum atomic E-state index is 0.524. The van der Waals surface area contributed by atoms with E-state index in [1.807, 2.05) is 24.1 Å². The van der Waals surface area contributed by atoms with Crippen LogP contribution < -0.4 is 0 Å². The Labute approximate surface area is 147 Å². The summed E-state index contributed by atoms with van der Waals surface area (Å²) >= 11 is 1.76. The van der Waals surface area contributed by atoms with Gasteiger partial charge < -0.3 is 4.74 Å².